The fourth-order valence-electron chi connectivity index (χ4n) is 1.76. The molecular weight excluding hydrogens is 228 g/mol. The van der Waals surface area contributed by atoms with E-state index in [1.165, 1.54) is 0 Å². The highest BCUT2D eigenvalue weighted by Gasteiger charge is 2.17. The van der Waals surface area contributed by atoms with Crippen molar-refractivity contribution in [2.75, 3.05) is 5.32 Å². The lowest BCUT2D eigenvalue weighted by Gasteiger charge is -2.06. The zero-order valence-corrected chi connectivity index (χ0v) is 10.1. The highest BCUT2D eigenvalue weighted by atomic mass is 16.2. The van der Waals surface area contributed by atoms with E-state index in [0.29, 0.717) is 12.4 Å². The van der Waals surface area contributed by atoms with Crippen LogP contribution in [0.25, 0.3) is 11.0 Å². The Morgan fingerprint density at radius 1 is 1.56 bits per heavy atom. The average molecular weight is 242 g/mol. The molecule has 0 aliphatic heterocycles. The molecule has 0 saturated heterocycles. The number of fused-ring (bicyclic) bond motifs is 1. The van der Waals surface area contributed by atoms with Gasteiger partial charge in [-0.1, -0.05) is 25.5 Å². The number of carbonyl (C=O) groups excluding carboxylic acids is 1. The molecule has 1 amide bonds. The number of H-pyrrole nitrogens is 1. The lowest BCUT2D eigenvalue weighted by Crippen LogP contribution is -2.22. The number of imidazole rings is 1. The van der Waals surface area contributed by atoms with Crippen molar-refractivity contribution in [1.29, 1.82) is 5.26 Å². The molecule has 1 aromatic carbocycles. The molecule has 0 aliphatic carbocycles. The molecule has 0 saturated carbocycles. The first kappa shape index (κ1) is 12.1. The molecule has 0 bridgehead atoms. The predicted octanol–water partition coefficient (Wildman–Crippen LogP) is 2.44. The van der Waals surface area contributed by atoms with E-state index in [9.17, 15) is 4.79 Å². The molecule has 2 aromatic rings. The van der Waals surface area contributed by atoms with E-state index < -0.39 is 5.92 Å². The van der Waals surface area contributed by atoms with Gasteiger partial charge in [0.25, 0.3) is 0 Å². The van der Waals surface area contributed by atoms with Crippen molar-refractivity contribution in [3.05, 3.63) is 24.3 Å². The monoisotopic (exact) mass is 242 g/mol. The van der Waals surface area contributed by atoms with Crippen molar-refractivity contribution >= 4 is 22.9 Å². The topological polar surface area (TPSA) is 81.6 Å². The molecule has 5 nitrogen and oxygen atoms in total. The average Bonchev–Trinajstić information content (AvgIpc) is 2.77. The van der Waals surface area contributed by atoms with E-state index in [1.54, 1.807) is 0 Å². The van der Waals surface area contributed by atoms with E-state index >= 15 is 0 Å². The third kappa shape index (κ3) is 2.48. The summed E-state index contributed by atoms with van der Waals surface area (Å²) in [5, 5.41) is 11.5. The molecule has 0 aliphatic rings. The summed E-state index contributed by atoms with van der Waals surface area (Å²) in [6, 6.07) is 9.51. The van der Waals surface area contributed by atoms with Gasteiger partial charge in [-0.3, -0.25) is 10.1 Å². The minimum absolute atomic E-state index is 0.307. The third-order valence-corrected chi connectivity index (χ3v) is 2.68. The fraction of sp³-hybridized carbons (Fsp3) is 0.308. The number of rotatable bonds is 4. The third-order valence-electron chi connectivity index (χ3n) is 2.68. The van der Waals surface area contributed by atoms with Crippen LogP contribution in [0.2, 0.25) is 0 Å². The van der Waals surface area contributed by atoms with Gasteiger partial charge in [0.05, 0.1) is 17.1 Å². The predicted molar refractivity (Wildman–Crippen MR) is 68.7 cm³/mol. The van der Waals surface area contributed by atoms with Crippen LogP contribution in [0.15, 0.2) is 24.3 Å². The number of nitriles is 1. The first-order valence-electron chi connectivity index (χ1n) is 5.90. The number of hydrogen-bond donors (Lipinski definition) is 2. The Morgan fingerprint density at radius 3 is 3.00 bits per heavy atom. The maximum atomic E-state index is 11.8. The van der Waals surface area contributed by atoms with Crippen LogP contribution in [0.1, 0.15) is 19.8 Å². The van der Waals surface area contributed by atoms with Gasteiger partial charge in [0.2, 0.25) is 11.9 Å². The first-order valence-corrected chi connectivity index (χ1v) is 5.90. The largest absolute Gasteiger partial charge is 0.324 e. The van der Waals surface area contributed by atoms with Gasteiger partial charge in [-0.15, -0.1) is 0 Å². The highest BCUT2D eigenvalue weighted by Crippen LogP contribution is 2.14. The number of aromatic amines is 1. The summed E-state index contributed by atoms with van der Waals surface area (Å²) in [7, 11) is 0. The summed E-state index contributed by atoms with van der Waals surface area (Å²) in [6.45, 7) is 1.94. The summed E-state index contributed by atoms with van der Waals surface area (Å²) in [4.78, 5) is 19.0. The van der Waals surface area contributed by atoms with Gasteiger partial charge in [-0.2, -0.15) is 5.26 Å². The summed E-state index contributed by atoms with van der Waals surface area (Å²) >= 11 is 0. The van der Waals surface area contributed by atoms with Crippen molar-refractivity contribution in [1.82, 2.24) is 9.97 Å². The summed E-state index contributed by atoms with van der Waals surface area (Å²) in [5.74, 6) is -0.542. The molecule has 92 valence electrons. The minimum atomic E-state index is -0.622. The highest BCUT2D eigenvalue weighted by molar-refractivity contribution is 5.94. The van der Waals surface area contributed by atoms with Gasteiger partial charge in [-0.05, 0) is 18.6 Å². The van der Waals surface area contributed by atoms with E-state index in [-0.39, 0.29) is 5.91 Å². The van der Waals surface area contributed by atoms with Crippen LogP contribution < -0.4 is 5.32 Å². The summed E-state index contributed by atoms with van der Waals surface area (Å²) in [6.07, 6.45) is 1.36. The van der Waals surface area contributed by atoms with Crippen molar-refractivity contribution in [2.45, 2.75) is 19.8 Å². The van der Waals surface area contributed by atoms with Crippen LogP contribution in [0.3, 0.4) is 0 Å². The van der Waals surface area contributed by atoms with Gasteiger partial charge in [0.1, 0.15) is 5.92 Å². The quantitative estimate of drug-likeness (QED) is 0.863. The van der Waals surface area contributed by atoms with Crippen LogP contribution in [0, 0.1) is 17.2 Å². The SMILES string of the molecule is CCCC(C#N)C(=O)Nc1nc2ccccc2[nH]1. The molecule has 1 unspecified atom stereocenters. The van der Waals surface area contributed by atoms with E-state index in [0.717, 1.165) is 17.5 Å². The molecule has 2 N–H and O–H groups in total. The van der Waals surface area contributed by atoms with E-state index in [2.05, 4.69) is 15.3 Å². The number of anilines is 1. The zero-order chi connectivity index (χ0) is 13.0. The lowest BCUT2D eigenvalue weighted by atomic mass is 10.1. The molecule has 0 spiro atoms. The lowest BCUT2D eigenvalue weighted by molar-refractivity contribution is -0.118. The molecule has 1 heterocycles. The van der Waals surface area contributed by atoms with Crippen LogP contribution in [0.4, 0.5) is 5.95 Å². The normalized spacial score (nSPS) is 12.0. The number of carbonyl (C=O) groups is 1. The Kier molecular flexibility index (Phi) is 3.58. The molecule has 1 atom stereocenters. The smallest absolute Gasteiger partial charge is 0.244 e. The van der Waals surface area contributed by atoms with Crippen molar-refractivity contribution < 1.29 is 4.79 Å². The second kappa shape index (κ2) is 5.32. The molecule has 0 fully saturated rings. The van der Waals surface area contributed by atoms with Crippen molar-refractivity contribution in [3.8, 4) is 6.07 Å². The van der Waals surface area contributed by atoms with Crippen LogP contribution >= 0.6 is 0 Å². The number of nitrogens with zero attached hydrogens (tertiary/aromatic N) is 2. The Balaban J connectivity index is 2.13. The molecule has 1 aromatic heterocycles. The Hall–Kier alpha value is -2.35. The molecule has 2 rings (SSSR count). The van der Waals surface area contributed by atoms with Crippen molar-refractivity contribution in [2.24, 2.45) is 5.92 Å². The van der Waals surface area contributed by atoms with Crippen molar-refractivity contribution in [3.63, 3.8) is 0 Å². The molecular formula is C13H14N4O. The first-order chi connectivity index (χ1) is 8.74. The van der Waals surface area contributed by atoms with Gasteiger partial charge < -0.3 is 4.98 Å². The number of benzene rings is 1. The van der Waals surface area contributed by atoms with Crippen LogP contribution in [-0.2, 0) is 4.79 Å². The molecule has 5 heteroatoms. The second-order valence-corrected chi connectivity index (χ2v) is 4.06. The zero-order valence-electron chi connectivity index (χ0n) is 10.1. The van der Waals surface area contributed by atoms with Gasteiger partial charge >= 0.3 is 0 Å². The number of amides is 1. The van der Waals surface area contributed by atoms with Gasteiger partial charge in [0, 0.05) is 0 Å². The number of aromatic nitrogens is 2. The van der Waals surface area contributed by atoms with Gasteiger partial charge in [-0.25, -0.2) is 4.98 Å². The maximum Gasteiger partial charge on any atom is 0.244 e. The minimum Gasteiger partial charge on any atom is -0.324 e. The maximum absolute atomic E-state index is 11.8. The number of nitrogens with one attached hydrogen (secondary N) is 2. The van der Waals surface area contributed by atoms with Crippen LogP contribution in [-0.4, -0.2) is 15.9 Å². The molecule has 0 radical (unpaired) electrons. The van der Waals surface area contributed by atoms with E-state index in [1.807, 2.05) is 37.3 Å². The Labute approximate surface area is 105 Å². The second-order valence-electron chi connectivity index (χ2n) is 4.06. The summed E-state index contributed by atoms with van der Waals surface area (Å²) in [5.41, 5.74) is 1.65. The summed E-state index contributed by atoms with van der Waals surface area (Å²) < 4.78 is 0. The molecule has 18 heavy (non-hydrogen) atoms. The number of para-hydroxylation sites is 2. The Morgan fingerprint density at radius 2 is 2.33 bits per heavy atom. The van der Waals surface area contributed by atoms with E-state index in [4.69, 9.17) is 5.26 Å². The Bertz CT molecular complexity index is 563. The van der Waals surface area contributed by atoms with Gasteiger partial charge in [0.15, 0.2) is 0 Å². The number of hydrogen-bond acceptors (Lipinski definition) is 3. The van der Waals surface area contributed by atoms with Crippen LogP contribution in [0.5, 0.6) is 0 Å². The standard InChI is InChI=1S/C13H14N4O/c1-2-5-9(8-14)12(18)17-13-15-10-6-3-4-7-11(10)16-13/h3-4,6-7,9H,2,5H2,1H3,(H2,15,16,17,18). The fourth-order valence-corrected chi connectivity index (χ4v) is 1.76.